The van der Waals surface area contributed by atoms with Gasteiger partial charge in [-0.15, -0.1) is 11.3 Å². The molecule has 3 heterocycles. The Kier molecular flexibility index (Phi) is 5.09. The van der Waals surface area contributed by atoms with Gasteiger partial charge in [0.25, 0.3) is 0 Å². The quantitative estimate of drug-likeness (QED) is 0.764. The predicted octanol–water partition coefficient (Wildman–Crippen LogP) is 0.573. The monoisotopic (exact) mass is 319 g/mol. The zero-order valence-electron chi connectivity index (χ0n) is 11.9. The molecule has 3 aromatic heterocycles. The van der Waals surface area contributed by atoms with Crippen LogP contribution in [-0.4, -0.2) is 15.0 Å². The molecule has 21 heavy (non-hydrogen) atoms. The van der Waals surface area contributed by atoms with Gasteiger partial charge in [0.05, 0.1) is 17.6 Å². The van der Waals surface area contributed by atoms with Crippen molar-refractivity contribution in [2.75, 3.05) is 5.32 Å². The summed E-state index contributed by atoms with van der Waals surface area (Å²) in [6, 6.07) is 8.09. The lowest BCUT2D eigenvalue weighted by Gasteiger charge is -2.07. The average Bonchev–Trinajstić information content (AvgIpc) is 2.88. The van der Waals surface area contributed by atoms with Crippen LogP contribution in [0, 0.1) is 6.92 Å². The van der Waals surface area contributed by atoms with Crippen LogP contribution in [0.1, 0.15) is 23.3 Å². The Morgan fingerprint density at radius 2 is 2.10 bits per heavy atom. The Hall–Kier alpha value is -1.72. The standard InChI is InChI=1S/C15H16N4S.ClH/c1-3-12-8-13-14(18-10(2)19-15(13)20-12)17-9-11-6-4-5-7-16-11;/h4-8H,3,9H2,1-2H3,(H,17,18,19);1H/p-1. The number of hydrogen-bond acceptors (Lipinski definition) is 5. The van der Waals surface area contributed by atoms with Gasteiger partial charge in [-0.2, -0.15) is 0 Å². The van der Waals surface area contributed by atoms with Crippen molar-refractivity contribution in [2.24, 2.45) is 0 Å². The molecule has 4 nitrogen and oxygen atoms in total. The molecular formula is C15H16ClN4S-. The first-order valence-corrected chi connectivity index (χ1v) is 7.48. The molecule has 0 saturated heterocycles. The third-order valence-corrected chi connectivity index (χ3v) is 4.24. The maximum absolute atomic E-state index is 4.52. The fourth-order valence-corrected chi connectivity index (χ4v) is 3.08. The maximum atomic E-state index is 4.52. The molecule has 110 valence electrons. The van der Waals surface area contributed by atoms with E-state index in [0.29, 0.717) is 6.54 Å². The fraction of sp³-hybridized carbons (Fsp3) is 0.267. The third kappa shape index (κ3) is 3.49. The van der Waals surface area contributed by atoms with E-state index in [2.05, 4.69) is 33.3 Å². The third-order valence-electron chi connectivity index (χ3n) is 3.07. The topological polar surface area (TPSA) is 50.7 Å². The predicted molar refractivity (Wildman–Crippen MR) is 83.1 cm³/mol. The Labute approximate surface area is 134 Å². The van der Waals surface area contributed by atoms with Crippen LogP contribution in [0.3, 0.4) is 0 Å². The van der Waals surface area contributed by atoms with E-state index in [9.17, 15) is 0 Å². The Balaban J connectivity index is 0.00000161. The Bertz CT molecular complexity index is 727. The lowest BCUT2D eigenvalue weighted by Crippen LogP contribution is -3.00. The van der Waals surface area contributed by atoms with Gasteiger partial charge < -0.3 is 17.7 Å². The van der Waals surface area contributed by atoms with E-state index >= 15 is 0 Å². The van der Waals surface area contributed by atoms with Crippen molar-refractivity contribution in [3.05, 3.63) is 46.9 Å². The second-order valence-corrected chi connectivity index (χ2v) is 5.69. The Morgan fingerprint density at radius 3 is 2.81 bits per heavy atom. The number of rotatable bonds is 4. The molecule has 0 spiro atoms. The van der Waals surface area contributed by atoms with Gasteiger partial charge in [-0.3, -0.25) is 4.98 Å². The summed E-state index contributed by atoms with van der Waals surface area (Å²) in [6.07, 6.45) is 2.83. The largest absolute Gasteiger partial charge is 1.00 e. The highest BCUT2D eigenvalue weighted by atomic mass is 35.5. The second kappa shape index (κ2) is 6.83. The van der Waals surface area contributed by atoms with Crippen LogP contribution in [-0.2, 0) is 13.0 Å². The molecule has 0 aromatic carbocycles. The zero-order valence-corrected chi connectivity index (χ0v) is 13.5. The van der Waals surface area contributed by atoms with Crippen molar-refractivity contribution in [1.82, 2.24) is 15.0 Å². The molecule has 3 aromatic rings. The minimum absolute atomic E-state index is 0. The van der Waals surface area contributed by atoms with Gasteiger partial charge in [-0.05, 0) is 31.5 Å². The van der Waals surface area contributed by atoms with Gasteiger partial charge >= 0.3 is 0 Å². The smallest absolute Gasteiger partial charge is 0.138 e. The van der Waals surface area contributed by atoms with Gasteiger partial charge in [0.15, 0.2) is 0 Å². The summed E-state index contributed by atoms with van der Waals surface area (Å²) in [5.41, 5.74) is 1.00. The van der Waals surface area contributed by atoms with Crippen LogP contribution < -0.4 is 17.7 Å². The molecule has 0 radical (unpaired) electrons. The van der Waals surface area contributed by atoms with Crippen molar-refractivity contribution in [3.8, 4) is 0 Å². The maximum Gasteiger partial charge on any atom is 0.138 e. The minimum Gasteiger partial charge on any atom is -1.00 e. The van der Waals surface area contributed by atoms with Crippen LogP contribution in [0.2, 0.25) is 0 Å². The summed E-state index contributed by atoms with van der Waals surface area (Å²) in [5, 5.41) is 4.48. The van der Waals surface area contributed by atoms with E-state index < -0.39 is 0 Å². The molecule has 0 bridgehead atoms. The number of nitrogens with one attached hydrogen (secondary N) is 1. The van der Waals surface area contributed by atoms with Gasteiger partial charge in [0, 0.05) is 11.1 Å². The van der Waals surface area contributed by atoms with Crippen LogP contribution in [0.15, 0.2) is 30.5 Å². The van der Waals surface area contributed by atoms with Gasteiger partial charge in [0.2, 0.25) is 0 Å². The first-order valence-electron chi connectivity index (χ1n) is 6.67. The summed E-state index contributed by atoms with van der Waals surface area (Å²) >= 11 is 1.74. The molecule has 3 rings (SSSR count). The van der Waals surface area contributed by atoms with Crippen LogP contribution in [0.25, 0.3) is 10.2 Å². The molecule has 0 aliphatic heterocycles. The Morgan fingerprint density at radius 1 is 1.24 bits per heavy atom. The highest BCUT2D eigenvalue weighted by molar-refractivity contribution is 7.18. The zero-order chi connectivity index (χ0) is 13.9. The summed E-state index contributed by atoms with van der Waals surface area (Å²) in [6.45, 7) is 4.76. The number of thiophene rings is 1. The summed E-state index contributed by atoms with van der Waals surface area (Å²) in [5.74, 6) is 1.69. The fourth-order valence-electron chi connectivity index (χ4n) is 2.06. The number of fused-ring (bicyclic) bond motifs is 1. The molecule has 0 unspecified atom stereocenters. The minimum atomic E-state index is 0. The van der Waals surface area contributed by atoms with Crippen LogP contribution >= 0.6 is 11.3 Å². The number of halogens is 1. The average molecular weight is 320 g/mol. The van der Waals surface area contributed by atoms with Crippen molar-refractivity contribution < 1.29 is 12.4 Å². The molecule has 0 aliphatic rings. The van der Waals surface area contributed by atoms with E-state index in [4.69, 9.17) is 0 Å². The molecule has 0 fully saturated rings. The van der Waals surface area contributed by atoms with Crippen LogP contribution in [0.5, 0.6) is 0 Å². The van der Waals surface area contributed by atoms with Crippen LogP contribution in [0.4, 0.5) is 5.82 Å². The number of anilines is 1. The van der Waals surface area contributed by atoms with Gasteiger partial charge in [-0.1, -0.05) is 13.0 Å². The number of aromatic nitrogens is 3. The number of aryl methyl sites for hydroxylation is 2. The normalized spacial score (nSPS) is 10.4. The number of pyridine rings is 1. The first kappa shape index (κ1) is 15.7. The summed E-state index contributed by atoms with van der Waals surface area (Å²) in [4.78, 5) is 15.7. The van der Waals surface area contributed by atoms with E-state index in [1.54, 1.807) is 17.5 Å². The number of nitrogens with zero attached hydrogens (tertiary/aromatic N) is 3. The summed E-state index contributed by atoms with van der Waals surface area (Å²) in [7, 11) is 0. The molecule has 0 amide bonds. The lowest BCUT2D eigenvalue weighted by atomic mass is 10.3. The van der Waals surface area contributed by atoms with E-state index in [0.717, 1.165) is 34.0 Å². The first-order chi connectivity index (χ1) is 9.76. The number of hydrogen-bond donors (Lipinski definition) is 1. The molecule has 6 heteroatoms. The van der Waals surface area contributed by atoms with E-state index in [1.165, 1.54) is 4.88 Å². The van der Waals surface area contributed by atoms with E-state index in [-0.39, 0.29) is 12.4 Å². The molecule has 1 N–H and O–H groups in total. The van der Waals surface area contributed by atoms with Crippen molar-refractivity contribution in [1.29, 1.82) is 0 Å². The summed E-state index contributed by atoms with van der Waals surface area (Å²) < 4.78 is 0. The molecular weight excluding hydrogens is 304 g/mol. The highest BCUT2D eigenvalue weighted by Crippen LogP contribution is 2.29. The lowest BCUT2D eigenvalue weighted by molar-refractivity contribution is -0.00000432. The SMILES string of the molecule is CCc1cc2c(NCc3ccccn3)nc(C)nc2s1.[Cl-]. The van der Waals surface area contributed by atoms with Gasteiger partial charge in [-0.25, -0.2) is 9.97 Å². The second-order valence-electron chi connectivity index (χ2n) is 4.58. The molecule has 0 saturated carbocycles. The van der Waals surface area contributed by atoms with Crippen molar-refractivity contribution >= 4 is 27.4 Å². The van der Waals surface area contributed by atoms with Crippen molar-refractivity contribution in [3.63, 3.8) is 0 Å². The van der Waals surface area contributed by atoms with E-state index in [1.807, 2.05) is 25.1 Å². The van der Waals surface area contributed by atoms with Gasteiger partial charge in [0.1, 0.15) is 16.5 Å². The van der Waals surface area contributed by atoms with Crippen molar-refractivity contribution in [2.45, 2.75) is 26.8 Å². The highest BCUT2D eigenvalue weighted by Gasteiger charge is 2.09. The molecule has 0 aliphatic carbocycles. The molecule has 0 atom stereocenters.